The summed E-state index contributed by atoms with van der Waals surface area (Å²) in [6.45, 7) is 1.45. The second-order valence-corrected chi connectivity index (χ2v) is 6.62. The van der Waals surface area contributed by atoms with Crippen molar-refractivity contribution < 1.29 is 18.8 Å². The summed E-state index contributed by atoms with van der Waals surface area (Å²) in [5, 5.41) is 2.64. The molecule has 1 N–H and O–H groups in total. The molecule has 3 rings (SSSR count). The predicted molar refractivity (Wildman–Crippen MR) is 102 cm³/mol. The predicted octanol–water partition coefficient (Wildman–Crippen LogP) is 1.47. The van der Waals surface area contributed by atoms with Crippen LogP contribution in [0.5, 0.6) is 0 Å². The lowest BCUT2D eigenvalue weighted by Gasteiger charge is -2.34. The van der Waals surface area contributed by atoms with E-state index in [0.717, 1.165) is 5.56 Å². The van der Waals surface area contributed by atoms with Crippen molar-refractivity contribution in [2.75, 3.05) is 32.7 Å². The zero-order chi connectivity index (χ0) is 19.9. The van der Waals surface area contributed by atoms with Crippen LogP contribution >= 0.6 is 0 Å². The maximum atomic E-state index is 13.3. The second-order valence-electron chi connectivity index (χ2n) is 6.62. The summed E-state index contributed by atoms with van der Waals surface area (Å²) in [4.78, 5) is 39.9. The summed E-state index contributed by atoms with van der Waals surface area (Å²) in [5.74, 6) is -1.09. The zero-order valence-electron chi connectivity index (χ0n) is 15.4. The van der Waals surface area contributed by atoms with Gasteiger partial charge in [-0.3, -0.25) is 14.4 Å². The van der Waals surface area contributed by atoms with Gasteiger partial charge in [-0.25, -0.2) is 4.39 Å². The molecule has 1 heterocycles. The van der Waals surface area contributed by atoms with Gasteiger partial charge >= 0.3 is 0 Å². The molecule has 0 unspecified atom stereocenters. The number of carbonyl (C=O) groups excluding carboxylic acids is 3. The first-order valence-electron chi connectivity index (χ1n) is 9.16. The van der Waals surface area contributed by atoms with Crippen LogP contribution < -0.4 is 5.32 Å². The number of carbonyl (C=O) groups is 3. The number of halogens is 1. The number of rotatable bonds is 5. The summed E-state index contributed by atoms with van der Waals surface area (Å²) in [7, 11) is 0. The lowest BCUT2D eigenvalue weighted by molar-refractivity contribution is -0.133. The molecule has 1 saturated heterocycles. The van der Waals surface area contributed by atoms with Crippen molar-refractivity contribution in [2.24, 2.45) is 0 Å². The Hall–Kier alpha value is -3.22. The van der Waals surface area contributed by atoms with Gasteiger partial charge in [-0.05, 0) is 23.8 Å². The van der Waals surface area contributed by atoms with Crippen molar-refractivity contribution in [1.29, 1.82) is 0 Å². The fourth-order valence-electron chi connectivity index (χ4n) is 3.09. The first-order valence-corrected chi connectivity index (χ1v) is 9.16. The summed E-state index contributed by atoms with van der Waals surface area (Å²) < 4.78 is 13.3. The van der Waals surface area contributed by atoms with Gasteiger partial charge in [-0.15, -0.1) is 0 Å². The molecule has 146 valence electrons. The van der Waals surface area contributed by atoms with Crippen molar-refractivity contribution in [3.8, 4) is 0 Å². The van der Waals surface area contributed by atoms with Gasteiger partial charge in [-0.1, -0.05) is 36.4 Å². The van der Waals surface area contributed by atoms with Crippen LogP contribution in [0.2, 0.25) is 0 Å². The van der Waals surface area contributed by atoms with Crippen LogP contribution in [0.15, 0.2) is 54.6 Å². The van der Waals surface area contributed by atoms with Gasteiger partial charge in [0.1, 0.15) is 5.82 Å². The third-order valence-corrected chi connectivity index (χ3v) is 4.64. The van der Waals surface area contributed by atoms with Crippen LogP contribution in [0.4, 0.5) is 4.39 Å². The molecule has 28 heavy (non-hydrogen) atoms. The number of nitrogens with zero attached hydrogens (tertiary/aromatic N) is 2. The third kappa shape index (κ3) is 5.16. The average molecular weight is 383 g/mol. The molecule has 0 saturated carbocycles. The van der Waals surface area contributed by atoms with Gasteiger partial charge in [-0.2, -0.15) is 0 Å². The number of benzene rings is 2. The Kier molecular flexibility index (Phi) is 6.37. The molecular weight excluding hydrogens is 361 g/mol. The van der Waals surface area contributed by atoms with Crippen molar-refractivity contribution >= 4 is 17.7 Å². The Morgan fingerprint density at radius 2 is 1.57 bits per heavy atom. The summed E-state index contributed by atoms with van der Waals surface area (Å²) >= 11 is 0. The van der Waals surface area contributed by atoms with Crippen LogP contribution in [-0.2, 0) is 16.0 Å². The highest BCUT2D eigenvalue weighted by molar-refractivity contribution is 5.94. The molecule has 0 aromatic heterocycles. The van der Waals surface area contributed by atoms with E-state index in [1.807, 2.05) is 30.3 Å². The van der Waals surface area contributed by atoms with E-state index < -0.39 is 5.82 Å². The smallest absolute Gasteiger partial charge is 0.254 e. The number of nitrogens with one attached hydrogen (secondary N) is 1. The molecule has 0 spiro atoms. The fourth-order valence-corrected chi connectivity index (χ4v) is 3.09. The van der Waals surface area contributed by atoms with Crippen LogP contribution in [0.25, 0.3) is 0 Å². The Labute approximate surface area is 162 Å². The van der Waals surface area contributed by atoms with E-state index in [-0.39, 0.29) is 30.7 Å². The van der Waals surface area contributed by atoms with E-state index in [2.05, 4.69) is 5.32 Å². The zero-order valence-corrected chi connectivity index (χ0v) is 15.4. The molecular formula is C21H22FN3O3. The first kappa shape index (κ1) is 19.5. The first-order chi connectivity index (χ1) is 13.5. The van der Waals surface area contributed by atoms with E-state index in [9.17, 15) is 18.8 Å². The van der Waals surface area contributed by atoms with Crippen molar-refractivity contribution in [2.45, 2.75) is 6.42 Å². The van der Waals surface area contributed by atoms with Crippen LogP contribution in [0, 0.1) is 5.82 Å². The summed E-state index contributed by atoms with van der Waals surface area (Å²) in [5.41, 5.74) is 1.19. The standard InChI is InChI=1S/C21H22FN3O3/c22-18-8-4-7-17(14-18)21(28)25-11-9-24(10-12-25)20(27)15-23-19(26)13-16-5-2-1-3-6-16/h1-8,14H,9-13,15H2,(H,23,26). The fraction of sp³-hybridized carbons (Fsp3) is 0.286. The maximum absolute atomic E-state index is 13.3. The van der Waals surface area contributed by atoms with E-state index in [0.29, 0.717) is 31.7 Å². The van der Waals surface area contributed by atoms with E-state index in [1.54, 1.807) is 15.9 Å². The quantitative estimate of drug-likeness (QED) is 0.850. The van der Waals surface area contributed by atoms with E-state index in [4.69, 9.17) is 0 Å². The number of piperazine rings is 1. The summed E-state index contributed by atoms with van der Waals surface area (Å²) in [6, 6.07) is 14.9. The van der Waals surface area contributed by atoms with Gasteiger partial charge in [0.15, 0.2) is 0 Å². The van der Waals surface area contributed by atoms with Crippen molar-refractivity contribution in [1.82, 2.24) is 15.1 Å². The van der Waals surface area contributed by atoms with Gasteiger partial charge < -0.3 is 15.1 Å². The van der Waals surface area contributed by atoms with Gasteiger partial charge in [0, 0.05) is 31.7 Å². The van der Waals surface area contributed by atoms with E-state index >= 15 is 0 Å². The molecule has 1 aliphatic rings. The molecule has 6 nitrogen and oxygen atoms in total. The van der Waals surface area contributed by atoms with Gasteiger partial charge in [0.25, 0.3) is 5.91 Å². The molecule has 0 bridgehead atoms. The lowest BCUT2D eigenvalue weighted by atomic mass is 10.1. The largest absolute Gasteiger partial charge is 0.347 e. The Morgan fingerprint density at radius 1 is 0.893 bits per heavy atom. The summed E-state index contributed by atoms with van der Waals surface area (Å²) in [6.07, 6.45) is 0.226. The molecule has 1 fully saturated rings. The highest BCUT2D eigenvalue weighted by Gasteiger charge is 2.25. The minimum absolute atomic E-state index is 0.0660. The van der Waals surface area contributed by atoms with Crippen LogP contribution in [-0.4, -0.2) is 60.2 Å². The minimum atomic E-state index is -0.453. The van der Waals surface area contributed by atoms with Crippen LogP contribution in [0.3, 0.4) is 0 Å². The van der Waals surface area contributed by atoms with Crippen molar-refractivity contribution in [3.63, 3.8) is 0 Å². The molecule has 1 aliphatic heterocycles. The number of hydrogen-bond acceptors (Lipinski definition) is 3. The third-order valence-electron chi connectivity index (χ3n) is 4.64. The highest BCUT2D eigenvalue weighted by atomic mass is 19.1. The Bertz CT molecular complexity index is 849. The minimum Gasteiger partial charge on any atom is -0.347 e. The van der Waals surface area contributed by atoms with Crippen LogP contribution in [0.1, 0.15) is 15.9 Å². The highest BCUT2D eigenvalue weighted by Crippen LogP contribution is 2.10. The molecule has 0 aliphatic carbocycles. The molecule has 0 atom stereocenters. The van der Waals surface area contributed by atoms with Gasteiger partial charge in [0.05, 0.1) is 13.0 Å². The molecule has 2 aromatic carbocycles. The molecule has 0 radical (unpaired) electrons. The topological polar surface area (TPSA) is 69.7 Å². The molecule has 2 aromatic rings. The number of hydrogen-bond donors (Lipinski definition) is 1. The van der Waals surface area contributed by atoms with Crippen molar-refractivity contribution in [3.05, 3.63) is 71.5 Å². The van der Waals surface area contributed by atoms with E-state index in [1.165, 1.54) is 18.2 Å². The Morgan fingerprint density at radius 3 is 2.25 bits per heavy atom. The van der Waals surface area contributed by atoms with Gasteiger partial charge in [0.2, 0.25) is 11.8 Å². The average Bonchev–Trinajstić information content (AvgIpc) is 2.72. The number of amides is 3. The maximum Gasteiger partial charge on any atom is 0.254 e. The normalized spacial score (nSPS) is 13.9. The second kappa shape index (κ2) is 9.12. The molecule has 7 heteroatoms. The Balaban J connectivity index is 1.43. The SMILES string of the molecule is O=C(Cc1ccccc1)NCC(=O)N1CCN(C(=O)c2cccc(F)c2)CC1. The monoisotopic (exact) mass is 383 g/mol. The molecule has 3 amide bonds. The lowest BCUT2D eigenvalue weighted by Crippen LogP contribution is -2.52.